The Kier molecular flexibility index (Phi) is 6.55. The SMILES string of the molecule is Cc1c(NC(=O)c2ccc(NS(=O)(=O)c3ccc4c(c3)OCCO4)cc2)cccc1OC(F)F. The minimum Gasteiger partial charge on any atom is -0.486 e. The van der Waals surface area contributed by atoms with Crippen molar-refractivity contribution in [3.63, 3.8) is 0 Å². The number of fused-ring (bicyclic) bond motifs is 1. The van der Waals surface area contributed by atoms with Gasteiger partial charge in [0.2, 0.25) is 0 Å². The molecule has 1 heterocycles. The molecule has 34 heavy (non-hydrogen) atoms. The Morgan fingerprint density at radius 2 is 1.71 bits per heavy atom. The van der Waals surface area contributed by atoms with E-state index < -0.39 is 22.5 Å². The van der Waals surface area contributed by atoms with Crippen LogP contribution in [0.25, 0.3) is 0 Å². The van der Waals surface area contributed by atoms with Crippen molar-refractivity contribution in [3.05, 3.63) is 71.8 Å². The fourth-order valence-electron chi connectivity index (χ4n) is 3.26. The summed E-state index contributed by atoms with van der Waals surface area (Å²) in [7, 11) is -3.91. The number of halogens is 2. The molecule has 0 aromatic heterocycles. The number of carbonyl (C=O) groups is 1. The van der Waals surface area contributed by atoms with Gasteiger partial charge in [0.05, 0.1) is 4.90 Å². The highest BCUT2D eigenvalue weighted by molar-refractivity contribution is 7.92. The summed E-state index contributed by atoms with van der Waals surface area (Å²) in [5.74, 6) is 0.275. The van der Waals surface area contributed by atoms with Crippen molar-refractivity contribution in [2.75, 3.05) is 23.3 Å². The number of ether oxygens (including phenoxy) is 3. The maximum atomic E-state index is 12.7. The van der Waals surface area contributed by atoms with E-state index in [1.807, 2.05) is 0 Å². The number of carbonyl (C=O) groups excluding carboxylic acids is 1. The van der Waals surface area contributed by atoms with Gasteiger partial charge >= 0.3 is 6.61 Å². The summed E-state index contributed by atoms with van der Waals surface area (Å²) in [4.78, 5) is 12.6. The van der Waals surface area contributed by atoms with Crippen LogP contribution in [0.1, 0.15) is 15.9 Å². The molecule has 4 rings (SSSR count). The van der Waals surface area contributed by atoms with Crippen LogP contribution < -0.4 is 24.2 Å². The molecule has 0 radical (unpaired) electrons. The van der Waals surface area contributed by atoms with E-state index in [4.69, 9.17) is 9.47 Å². The second-order valence-electron chi connectivity index (χ2n) is 7.25. The van der Waals surface area contributed by atoms with Crippen LogP contribution in [0, 0.1) is 6.92 Å². The first-order valence-electron chi connectivity index (χ1n) is 10.1. The lowest BCUT2D eigenvalue weighted by Gasteiger charge is -2.19. The van der Waals surface area contributed by atoms with Crippen molar-refractivity contribution in [2.45, 2.75) is 18.4 Å². The Bertz CT molecular complexity index is 1310. The Morgan fingerprint density at radius 1 is 1.00 bits per heavy atom. The van der Waals surface area contributed by atoms with Gasteiger partial charge in [-0.1, -0.05) is 6.07 Å². The third-order valence-electron chi connectivity index (χ3n) is 4.97. The normalized spacial score (nSPS) is 12.8. The van der Waals surface area contributed by atoms with Crippen molar-refractivity contribution in [1.82, 2.24) is 0 Å². The van der Waals surface area contributed by atoms with Crippen molar-refractivity contribution in [2.24, 2.45) is 0 Å². The Balaban J connectivity index is 1.45. The molecule has 0 fully saturated rings. The van der Waals surface area contributed by atoms with Gasteiger partial charge in [0, 0.05) is 28.6 Å². The maximum Gasteiger partial charge on any atom is 0.387 e. The number of hydrogen-bond donors (Lipinski definition) is 2. The minimum atomic E-state index is -3.91. The summed E-state index contributed by atoms with van der Waals surface area (Å²) in [5, 5.41) is 2.63. The molecule has 0 aliphatic carbocycles. The fourth-order valence-corrected chi connectivity index (χ4v) is 4.34. The van der Waals surface area contributed by atoms with Crippen LogP contribution in [0.2, 0.25) is 0 Å². The monoisotopic (exact) mass is 490 g/mol. The fraction of sp³-hybridized carbons (Fsp3) is 0.174. The summed E-state index contributed by atoms with van der Waals surface area (Å²) < 4.78 is 68.3. The predicted octanol–water partition coefficient (Wildman–Crippen LogP) is 4.42. The molecule has 0 saturated carbocycles. The van der Waals surface area contributed by atoms with Gasteiger partial charge in [-0.05, 0) is 55.5 Å². The number of alkyl halides is 2. The maximum absolute atomic E-state index is 12.7. The van der Waals surface area contributed by atoms with Gasteiger partial charge in [-0.2, -0.15) is 8.78 Å². The van der Waals surface area contributed by atoms with Crippen LogP contribution in [-0.2, 0) is 10.0 Å². The van der Waals surface area contributed by atoms with Crippen LogP contribution >= 0.6 is 0 Å². The number of hydrogen-bond acceptors (Lipinski definition) is 6. The summed E-state index contributed by atoms with van der Waals surface area (Å²) >= 11 is 0. The highest BCUT2D eigenvalue weighted by Crippen LogP contribution is 2.33. The molecule has 3 aromatic rings. The topological polar surface area (TPSA) is 103 Å². The van der Waals surface area contributed by atoms with Crippen LogP contribution in [-0.4, -0.2) is 34.2 Å². The molecule has 0 unspecified atom stereocenters. The lowest BCUT2D eigenvalue weighted by atomic mass is 10.1. The van der Waals surface area contributed by atoms with E-state index >= 15 is 0 Å². The van der Waals surface area contributed by atoms with Crippen molar-refractivity contribution in [1.29, 1.82) is 0 Å². The van der Waals surface area contributed by atoms with Crippen molar-refractivity contribution < 1.29 is 36.2 Å². The highest BCUT2D eigenvalue weighted by atomic mass is 32.2. The first kappa shape index (κ1) is 23.3. The number of nitrogens with one attached hydrogen (secondary N) is 2. The zero-order chi connectivity index (χ0) is 24.3. The minimum absolute atomic E-state index is 0.0000526. The van der Waals surface area contributed by atoms with Crippen LogP contribution in [0.3, 0.4) is 0 Å². The van der Waals surface area contributed by atoms with Crippen molar-refractivity contribution in [3.8, 4) is 17.2 Å². The quantitative estimate of drug-likeness (QED) is 0.508. The summed E-state index contributed by atoms with van der Waals surface area (Å²) in [6.45, 7) is -0.714. The van der Waals surface area contributed by atoms with Gasteiger partial charge in [-0.3, -0.25) is 9.52 Å². The van der Waals surface area contributed by atoms with E-state index in [0.717, 1.165) is 0 Å². The van der Waals surface area contributed by atoms with E-state index in [9.17, 15) is 22.0 Å². The Morgan fingerprint density at radius 3 is 2.41 bits per heavy atom. The lowest BCUT2D eigenvalue weighted by Crippen LogP contribution is -2.17. The molecule has 1 aliphatic rings. The zero-order valence-corrected chi connectivity index (χ0v) is 18.7. The number of amides is 1. The van der Waals surface area contributed by atoms with Crippen molar-refractivity contribution >= 4 is 27.3 Å². The Hall–Kier alpha value is -3.86. The molecule has 8 nitrogen and oxygen atoms in total. The molecule has 2 N–H and O–H groups in total. The second-order valence-corrected chi connectivity index (χ2v) is 8.93. The molecule has 0 bridgehead atoms. The largest absolute Gasteiger partial charge is 0.486 e. The highest BCUT2D eigenvalue weighted by Gasteiger charge is 2.20. The van der Waals surface area contributed by atoms with E-state index in [0.29, 0.717) is 36.0 Å². The molecule has 1 aliphatic heterocycles. The van der Waals surface area contributed by atoms with E-state index in [1.54, 1.807) is 13.0 Å². The summed E-state index contributed by atoms with van der Waals surface area (Å²) in [5.41, 5.74) is 1.14. The van der Waals surface area contributed by atoms with Gasteiger partial charge in [0.15, 0.2) is 11.5 Å². The van der Waals surface area contributed by atoms with Gasteiger partial charge in [-0.25, -0.2) is 8.42 Å². The Labute approximate surface area is 194 Å². The van der Waals surface area contributed by atoms with E-state index in [1.165, 1.54) is 54.6 Å². The third kappa shape index (κ3) is 5.20. The second kappa shape index (κ2) is 9.56. The van der Waals surface area contributed by atoms with Crippen LogP contribution in [0.4, 0.5) is 20.2 Å². The molecule has 1 amide bonds. The van der Waals surface area contributed by atoms with Crippen LogP contribution in [0.15, 0.2) is 65.6 Å². The molecular formula is C23H20F2N2O6S. The summed E-state index contributed by atoms with van der Waals surface area (Å²) in [6.07, 6.45) is 0. The van der Waals surface area contributed by atoms with Crippen LogP contribution in [0.5, 0.6) is 17.2 Å². The van der Waals surface area contributed by atoms with Gasteiger partial charge in [-0.15, -0.1) is 0 Å². The van der Waals surface area contributed by atoms with Gasteiger partial charge in [0.1, 0.15) is 19.0 Å². The van der Waals surface area contributed by atoms with Gasteiger partial charge < -0.3 is 19.5 Å². The number of sulfonamides is 1. The predicted molar refractivity (Wildman–Crippen MR) is 120 cm³/mol. The number of rotatable bonds is 7. The lowest BCUT2D eigenvalue weighted by molar-refractivity contribution is -0.0502. The number of benzene rings is 3. The van der Waals surface area contributed by atoms with Gasteiger partial charge in [0.25, 0.3) is 15.9 Å². The molecular weight excluding hydrogens is 470 g/mol. The molecule has 0 spiro atoms. The third-order valence-corrected chi connectivity index (χ3v) is 6.35. The summed E-state index contributed by atoms with van der Waals surface area (Å²) in [6, 6.07) is 14.5. The molecule has 0 saturated heterocycles. The molecule has 3 aromatic carbocycles. The first-order valence-corrected chi connectivity index (χ1v) is 11.6. The zero-order valence-electron chi connectivity index (χ0n) is 17.9. The van der Waals surface area contributed by atoms with E-state index in [2.05, 4.69) is 14.8 Å². The average molecular weight is 490 g/mol. The molecule has 11 heteroatoms. The smallest absolute Gasteiger partial charge is 0.387 e. The molecule has 0 atom stereocenters. The standard InChI is InChI=1S/C23H20F2N2O6S/c1-14-18(3-2-4-19(14)33-23(24)25)26-22(28)15-5-7-16(8-6-15)27-34(29,30)17-9-10-20-21(13-17)32-12-11-31-20/h2-10,13,23,27H,11-12H2,1H3,(H,26,28). The van der Waals surface area contributed by atoms with E-state index in [-0.39, 0.29) is 21.9 Å². The average Bonchev–Trinajstić information content (AvgIpc) is 2.81. The molecule has 178 valence electrons. The number of anilines is 2. The first-order chi connectivity index (χ1) is 16.2.